The summed E-state index contributed by atoms with van der Waals surface area (Å²) in [7, 11) is 3.40. The van der Waals surface area contributed by atoms with Crippen LogP contribution >= 0.6 is 0 Å². The van der Waals surface area contributed by atoms with E-state index in [1.165, 1.54) is 0 Å². The molecule has 24 heavy (non-hydrogen) atoms. The Morgan fingerprint density at radius 1 is 0.792 bits per heavy atom. The highest BCUT2D eigenvalue weighted by atomic mass is 16.2. The quantitative estimate of drug-likeness (QED) is 0.798. The lowest BCUT2D eigenvalue weighted by Gasteiger charge is -2.33. The SMILES string of the molecule is CCC(=O)c1ccc2c3c(ccc(C(=O)CC)c13)N(C)C(=O)N2C. The van der Waals surface area contributed by atoms with Crippen molar-refractivity contribution in [1.29, 1.82) is 0 Å². The summed E-state index contributed by atoms with van der Waals surface area (Å²) in [6.07, 6.45) is 0.728. The van der Waals surface area contributed by atoms with Crippen LogP contribution in [0.25, 0.3) is 10.8 Å². The molecule has 0 N–H and O–H groups in total. The number of carbonyl (C=O) groups is 3. The molecule has 3 rings (SSSR count). The van der Waals surface area contributed by atoms with E-state index < -0.39 is 0 Å². The first-order valence-electron chi connectivity index (χ1n) is 8.09. The molecule has 0 fully saturated rings. The van der Waals surface area contributed by atoms with Crippen LogP contribution < -0.4 is 9.80 Å². The lowest BCUT2D eigenvalue weighted by Crippen LogP contribution is -2.42. The number of rotatable bonds is 4. The summed E-state index contributed by atoms with van der Waals surface area (Å²) in [6.45, 7) is 3.61. The highest BCUT2D eigenvalue weighted by Crippen LogP contribution is 2.42. The van der Waals surface area contributed by atoms with Gasteiger partial charge in [0.15, 0.2) is 11.6 Å². The predicted molar refractivity (Wildman–Crippen MR) is 95.4 cm³/mol. The van der Waals surface area contributed by atoms with Crippen LogP contribution in [0.15, 0.2) is 24.3 Å². The van der Waals surface area contributed by atoms with E-state index in [0.29, 0.717) is 29.4 Å². The van der Waals surface area contributed by atoms with E-state index in [0.717, 1.165) is 16.8 Å². The Kier molecular flexibility index (Phi) is 3.87. The molecule has 1 heterocycles. The standard InChI is InChI=1S/C19H20N2O3/c1-5-15(22)11-7-9-13-18-14(21(4)19(24)20(13)3)10-8-12(17(11)18)16(23)6-2/h7-10H,5-6H2,1-4H3. The van der Waals surface area contributed by atoms with Gasteiger partial charge in [-0.05, 0) is 24.3 Å². The molecule has 5 heteroatoms. The number of ketones is 2. The number of anilines is 2. The zero-order chi connectivity index (χ0) is 17.6. The fourth-order valence-electron chi connectivity index (χ4n) is 3.30. The van der Waals surface area contributed by atoms with Crippen molar-refractivity contribution in [3.63, 3.8) is 0 Å². The van der Waals surface area contributed by atoms with Crippen molar-refractivity contribution < 1.29 is 14.4 Å². The molecule has 2 aromatic carbocycles. The van der Waals surface area contributed by atoms with Gasteiger partial charge >= 0.3 is 6.03 Å². The second-order valence-electron chi connectivity index (χ2n) is 5.97. The Bertz CT molecular complexity index is 819. The van der Waals surface area contributed by atoms with Gasteiger partial charge in [-0.15, -0.1) is 0 Å². The van der Waals surface area contributed by atoms with Crippen LogP contribution in [0.4, 0.5) is 16.2 Å². The van der Waals surface area contributed by atoms with Crippen molar-refractivity contribution in [1.82, 2.24) is 0 Å². The molecule has 1 aliphatic heterocycles. The van der Waals surface area contributed by atoms with Gasteiger partial charge in [-0.2, -0.15) is 0 Å². The Morgan fingerprint density at radius 2 is 1.21 bits per heavy atom. The molecule has 0 unspecified atom stereocenters. The van der Waals surface area contributed by atoms with E-state index in [1.54, 1.807) is 62.0 Å². The fraction of sp³-hybridized carbons (Fsp3) is 0.316. The normalized spacial score (nSPS) is 13.6. The number of hydrogen-bond acceptors (Lipinski definition) is 3. The highest BCUT2D eigenvalue weighted by Gasteiger charge is 2.30. The van der Waals surface area contributed by atoms with Gasteiger partial charge in [0.2, 0.25) is 0 Å². The molecule has 0 saturated heterocycles. The molecule has 2 aromatic rings. The first-order chi connectivity index (χ1) is 11.4. The molecule has 5 nitrogen and oxygen atoms in total. The first-order valence-corrected chi connectivity index (χ1v) is 8.09. The molecule has 0 saturated carbocycles. The van der Waals surface area contributed by atoms with Gasteiger partial charge in [-0.3, -0.25) is 19.4 Å². The van der Waals surface area contributed by atoms with Crippen LogP contribution in [0.3, 0.4) is 0 Å². The van der Waals surface area contributed by atoms with Gasteiger partial charge in [0, 0.05) is 48.8 Å². The van der Waals surface area contributed by atoms with Crippen LogP contribution in [-0.2, 0) is 0 Å². The van der Waals surface area contributed by atoms with Gasteiger partial charge in [-0.25, -0.2) is 4.79 Å². The summed E-state index contributed by atoms with van der Waals surface area (Å²) < 4.78 is 0. The summed E-state index contributed by atoms with van der Waals surface area (Å²) in [4.78, 5) is 40.4. The number of Topliss-reactive ketones (excluding diaryl/α,β-unsaturated/α-hetero) is 2. The third kappa shape index (κ3) is 2.12. The summed E-state index contributed by atoms with van der Waals surface area (Å²) in [6, 6.07) is 6.90. The molecule has 0 aromatic heterocycles. The van der Waals surface area contributed by atoms with Crippen molar-refractivity contribution in [2.75, 3.05) is 23.9 Å². The molecule has 0 aliphatic carbocycles. The number of nitrogens with zero attached hydrogens (tertiary/aromatic N) is 2. The van der Waals surface area contributed by atoms with Gasteiger partial charge < -0.3 is 0 Å². The molecule has 1 aliphatic rings. The van der Waals surface area contributed by atoms with Crippen LogP contribution in [0.5, 0.6) is 0 Å². The van der Waals surface area contributed by atoms with Gasteiger partial charge in [0.1, 0.15) is 0 Å². The fourth-order valence-corrected chi connectivity index (χ4v) is 3.30. The molecular formula is C19H20N2O3. The monoisotopic (exact) mass is 324 g/mol. The molecule has 0 radical (unpaired) electrons. The van der Waals surface area contributed by atoms with Crippen LogP contribution in [0.2, 0.25) is 0 Å². The molecule has 124 valence electrons. The van der Waals surface area contributed by atoms with Crippen molar-refractivity contribution in [2.24, 2.45) is 0 Å². The zero-order valence-electron chi connectivity index (χ0n) is 14.3. The van der Waals surface area contributed by atoms with Crippen LogP contribution in [-0.4, -0.2) is 31.7 Å². The second kappa shape index (κ2) is 5.74. The van der Waals surface area contributed by atoms with Crippen molar-refractivity contribution in [2.45, 2.75) is 26.7 Å². The van der Waals surface area contributed by atoms with Crippen LogP contribution in [0.1, 0.15) is 47.4 Å². The molecular weight excluding hydrogens is 304 g/mol. The number of benzene rings is 2. The van der Waals surface area contributed by atoms with E-state index in [4.69, 9.17) is 0 Å². The Hall–Kier alpha value is -2.69. The third-order valence-corrected chi connectivity index (χ3v) is 4.66. The predicted octanol–water partition coefficient (Wildman–Crippen LogP) is 4.03. The summed E-state index contributed by atoms with van der Waals surface area (Å²) >= 11 is 0. The summed E-state index contributed by atoms with van der Waals surface area (Å²) in [5.74, 6) is -0.0166. The largest absolute Gasteiger partial charge is 0.328 e. The lowest BCUT2D eigenvalue weighted by atomic mass is 9.90. The average Bonchev–Trinajstić information content (AvgIpc) is 2.62. The van der Waals surface area contributed by atoms with Crippen molar-refractivity contribution in [3.8, 4) is 0 Å². The van der Waals surface area contributed by atoms with E-state index in [2.05, 4.69) is 0 Å². The molecule has 0 bridgehead atoms. The topological polar surface area (TPSA) is 57.7 Å². The van der Waals surface area contributed by atoms with Crippen molar-refractivity contribution >= 4 is 39.7 Å². The van der Waals surface area contributed by atoms with E-state index >= 15 is 0 Å². The minimum atomic E-state index is -0.145. The molecule has 2 amide bonds. The van der Waals surface area contributed by atoms with Gasteiger partial charge in [-0.1, -0.05) is 13.8 Å². The lowest BCUT2D eigenvalue weighted by molar-refractivity contribution is 0.0987. The summed E-state index contributed by atoms with van der Waals surface area (Å²) in [5, 5.41) is 1.45. The molecule has 0 atom stereocenters. The minimum absolute atomic E-state index is 0.00828. The molecule has 0 spiro atoms. The Balaban J connectivity index is 2.49. The number of amides is 2. The van der Waals surface area contributed by atoms with E-state index in [-0.39, 0.29) is 17.6 Å². The van der Waals surface area contributed by atoms with Crippen LogP contribution in [0, 0.1) is 0 Å². The average molecular weight is 324 g/mol. The maximum absolute atomic E-state index is 12.4. The Labute approximate surface area is 140 Å². The number of carbonyl (C=O) groups excluding carboxylic acids is 3. The number of hydrogen-bond donors (Lipinski definition) is 0. The van der Waals surface area contributed by atoms with E-state index in [9.17, 15) is 14.4 Å². The Morgan fingerprint density at radius 3 is 1.58 bits per heavy atom. The van der Waals surface area contributed by atoms with Gasteiger partial charge in [0.25, 0.3) is 0 Å². The third-order valence-electron chi connectivity index (χ3n) is 4.66. The van der Waals surface area contributed by atoms with E-state index in [1.807, 2.05) is 0 Å². The second-order valence-corrected chi connectivity index (χ2v) is 5.97. The number of urea groups is 1. The smallest absolute Gasteiger partial charge is 0.296 e. The van der Waals surface area contributed by atoms with Crippen molar-refractivity contribution in [3.05, 3.63) is 35.4 Å². The summed E-state index contributed by atoms with van der Waals surface area (Å²) in [5.41, 5.74) is 2.54. The van der Waals surface area contributed by atoms with Gasteiger partial charge in [0.05, 0.1) is 11.4 Å². The maximum Gasteiger partial charge on any atom is 0.328 e. The first kappa shape index (κ1) is 16.2. The highest BCUT2D eigenvalue weighted by molar-refractivity contribution is 6.27. The zero-order valence-corrected chi connectivity index (χ0v) is 14.3. The maximum atomic E-state index is 12.4. The minimum Gasteiger partial charge on any atom is -0.296 e.